The monoisotopic (exact) mass is 246 g/mol. The van der Waals surface area contributed by atoms with Crippen LogP contribution in [0.3, 0.4) is 0 Å². The van der Waals surface area contributed by atoms with Gasteiger partial charge in [0.1, 0.15) is 12.0 Å². The molecule has 3 nitrogen and oxygen atoms in total. The molecule has 0 aromatic heterocycles. The first-order chi connectivity index (χ1) is 7.93. The van der Waals surface area contributed by atoms with Crippen LogP contribution >= 0.6 is 0 Å². The Morgan fingerprint density at radius 3 is 2.29 bits per heavy atom. The summed E-state index contributed by atoms with van der Waals surface area (Å²) >= 11 is 0. The molecule has 1 aromatic carbocycles. The molecule has 0 aliphatic rings. The van der Waals surface area contributed by atoms with Crippen LogP contribution in [0.4, 0.5) is 13.2 Å². The van der Waals surface area contributed by atoms with Crippen LogP contribution in [-0.2, 0) is 6.18 Å². The molecule has 17 heavy (non-hydrogen) atoms. The minimum Gasteiger partial charge on any atom is -0.493 e. The summed E-state index contributed by atoms with van der Waals surface area (Å²) < 4.78 is 42.8. The fraction of sp³-hybridized carbons (Fsp3) is 0.273. The molecule has 0 fully saturated rings. The molecule has 0 saturated heterocycles. The van der Waals surface area contributed by atoms with Crippen LogP contribution in [-0.4, -0.2) is 19.2 Å². The van der Waals surface area contributed by atoms with Crippen molar-refractivity contribution in [1.82, 2.24) is 0 Å². The van der Waals surface area contributed by atoms with Crippen molar-refractivity contribution in [3.63, 3.8) is 0 Å². The topological polar surface area (TPSA) is 43.4 Å². The second-order valence-electron chi connectivity index (χ2n) is 3.15. The van der Waals surface area contributed by atoms with Crippen LogP contribution in [0.1, 0.15) is 33.2 Å². The second-order valence-corrected chi connectivity index (χ2v) is 3.15. The predicted octanol–water partition coefficient (Wildman–Crippen LogP) is 2.73. The number of halogens is 3. The highest BCUT2D eigenvalue weighted by molar-refractivity contribution is 5.86. The van der Waals surface area contributed by atoms with E-state index < -0.39 is 17.3 Å². The second kappa shape index (κ2) is 4.99. The molecule has 1 aromatic rings. The first kappa shape index (κ1) is 13.2. The molecule has 0 saturated carbocycles. The third-order valence-electron chi connectivity index (χ3n) is 2.02. The standard InChI is InChI=1S/C11H9F3O3/c1-2-17-10-4-7(5-15)3-9(8(10)6-16)11(12,13)14/h3-6H,2H2,1H3. The van der Waals surface area contributed by atoms with E-state index in [0.717, 1.165) is 6.07 Å². The molecule has 0 aliphatic heterocycles. The highest BCUT2D eigenvalue weighted by Crippen LogP contribution is 2.36. The predicted molar refractivity (Wildman–Crippen MR) is 53.4 cm³/mol. The van der Waals surface area contributed by atoms with Gasteiger partial charge < -0.3 is 4.74 Å². The van der Waals surface area contributed by atoms with Gasteiger partial charge in [0.05, 0.1) is 17.7 Å². The first-order valence-corrected chi connectivity index (χ1v) is 4.72. The fourth-order valence-electron chi connectivity index (χ4n) is 1.35. The smallest absolute Gasteiger partial charge is 0.417 e. The van der Waals surface area contributed by atoms with Crippen molar-refractivity contribution < 1.29 is 27.5 Å². The Kier molecular flexibility index (Phi) is 3.88. The number of carbonyl (C=O) groups is 2. The third-order valence-corrected chi connectivity index (χ3v) is 2.02. The normalized spacial score (nSPS) is 11.1. The lowest BCUT2D eigenvalue weighted by molar-refractivity contribution is -0.138. The van der Waals surface area contributed by atoms with E-state index in [1.54, 1.807) is 6.92 Å². The van der Waals surface area contributed by atoms with Gasteiger partial charge in [-0.05, 0) is 19.1 Å². The van der Waals surface area contributed by atoms with Crippen molar-refractivity contribution in [2.45, 2.75) is 13.1 Å². The molecule has 0 unspecified atom stereocenters. The van der Waals surface area contributed by atoms with Crippen molar-refractivity contribution in [3.8, 4) is 5.75 Å². The number of benzene rings is 1. The van der Waals surface area contributed by atoms with Crippen LogP contribution in [0.15, 0.2) is 12.1 Å². The molecular weight excluding hydrogens is 237 g/mol. The van der Waals surface area contributed by atoms with Crippen LogP contribution < -0.4 is 4.74 Å². The number of aldehydes is 2. The summed E-state index contributed by atoms with van der Waals surface area (Å²) in [4.78, 5) is 21.2. The molecule has 0 radical (unpaired) electrons. The fourth-order valence-corrected chi connectivity index (χ4v) is 1.35. The maximum absolute atomic E-state index is 12.6. The zero-order chi connectivity index (χ0) is 13.1. The van der Waals surface area contributed by atoms with Gasteiger partial charge in [-0.2, -0.15) is 13.2 Å². The summed E-state index contributed by atoms with van der Waals surface area (Å²) in [6.45, 7) is 1.66. The molecule has 92 valence electrons. The molecule has 6 heteroatoms. The Bertz CT molecular complexity index is 438. The number of hydrogen-bond acceptors (Lipinski definition) is 3. The summed E-state index contributed by atoms with van der Waals surface area (Å²) in [5.41, 5.74) is -1.95. The summed E-state index contributed by atoms with van der Waals surface area (Å²) in [7, 11) is 0. The van der Waals surface area contributed by atoms with Crippen molar-refractivity contribution >= 4 is 12.6 Å². The van der Waals surface area contributed by atoms with E-state index in [9.17, 15) is 22.8 Å². The SMILES string of the molecule is CCOc1cc(C=O)cc(C(F)(F)F)c1C=O. The van der Waals surface area contributed by atoms with Crippen molar-refractivity contribution in [1.29, 1.82) is 0 Å². The summed E-state index contributed by atoms with van der Waals surface area (Å²) in [6, 6.07) is 1.73. The van der Waals surface area contributed by atoms with Crippen molar-refractivity contribution in [3.05, 3.63) is 28.8 Å². The Labute approximate surface area is 95.2 Å². The summed E-state index contributed by atoms with van der Waals surface area (Å²) in [5, 5.41) is 0. The van der Waals surface area contributed by atoms with E-state index >= 15 is 0 Å². The third kappa shape index (κ3) is 2.83. The lowest BCUT2D eigenvalue weighted by Gasteiger charge is -2.14. The van der Waals surface area contributed by atoms with E-state index in [1.807, 2.05) is 0 Å². The van der Waals surface area contributed by atoms with E-state index in [0.29, 0.717) is 6.07 Å². The Morgan fingerprint density at radius 1 is 1.24 bits per heavy atom. The minimum absolute atomic E-state index is 0.0718. The molecule has 0 atom stereocenters. The lowest BCUT2D eigenvalue weighted by Crippen LogP contribution is -2.11. The molecule has 0 spiro atoms. The van der Waals surface area contributed by atoms with Gasteiger partial charge in [-0.15, -0.1) is 0 Å². The zero-order valence-corrected chi connectivity index (χ0v) is 8.88. The van der Waals surface area contributed by atoms with Gasteiger partial charge in [0.25, 0.3) is 0 Å². The minimum atomic E-state index is -4.71. The molecule has 0 aliphatic carbocycles. The van der Waals surface area contributed by atoms with Crippen LogP contribution in [0, 0.1) is 0 Å². The maximum atomic E-state index is 12.6. The quantitative estimate of drug-likeness (QED) is 0.767. The Hall–Kier alpha value is -1.85. The van der Waals surface area contributed by atoms with E-state index in [4.69, 9.17) is 4.74 Å². The summed E-state index contributed by atoms with van der Waals surface area (Å²) in [5.74, 6) is -0.237. The summed E-state index contributed by atoms with van der Waals surface area (Å²) in [6.07, 6.45) is -4.37. The van der Waals surface area contributed by atoms with Gasteiger partial charge in [0.15, 0.2) is 6.29 Å². The van der Waals surface area contributed by atoms with E-state index in [1.165, 1.54) is 0 Å². The molecule has 0 amide bonds. The number of ether oxygens (including phenoxy) is 1. The first-order valence-electron chi connectivity index (χ1n) is 4.72. The average molecular weight is 246 g/mol. The Morgan fingerprint density at radius 2 is 1.88 bits per heavy atom. The van der Waals surface area contributed by atoms with Crippen molar-refractivity contribution in [2.24, 2.45) is 0 Å². The van der Waals surface area contributed by atoms with Crippen molar-refractivity contribution in [2.75, 3.05) is 6.61 Å². The zero-order valence-electron chi connectivity index (χ0n) is 8.88. The number of carbonyl (C=O) groups excluding carboxylic acids is 2. The van der Waals surface area contributed by atoms with Crippen LogP contribution in [0.5, 0.6) is 5.75 Å². The number of hydrogen-bond donors (Lipinski definition) is 0. The number of alkyl halides is 3. The van der Waals surface area contributed by atoms with E-state index in [-0.39, 0.29) is 30.5 Å². The maximum Gasteiger partial charge on any atom is 0.417 e. The molecular formula is C11H9F3O3. The van der Waals surface area contributed by atoms with Crippen LogP contribution in [0.25, 0.3) is 0 Å². The van der Waals surface area contributed by atoms with E-state index in [2.05, 4.69) is 0 Å². The largest absolute Gasteiger partial charge is 0.493 e. The lowest BCUT2D eigenvalue weighted by atomic mass is 10.0. The Balaban J connectivity index is 3.50. The molecule has 0 N–H and O–H groups in total. The average Bonchev–Trinajstić information content (AvgIpc) is 2.27. The van der Waals surface area contributed by atoms with Crippen LogP contribution in [0.2, 0.25) is 0 Å². The van der Waals surface area contributed by atoms with Gasteiger partial charge in [-0.1, -0.05) is 0 Å². The highest BCUT2D eigenvalue weighted by atomic mass is 19.4. The molecule has 0 bridgehead atoms. The van der Waals surface area contributed by atoms with Gasteiger partial charge in [-0.25, -0.2) is 0 Å². The number of rotatable bonds is 4. The molecule has 0 heterocycles. The molecule has 1 rings (SSSR count). The van der Waals surface area contributed by atoms with Gasteiger partial charge >= 0.3 is 6.18 Å². The van der Waals surface area contributed by atoms with Gasteiger partial charge in [0.2, 0.25) is 0 Å². The van der Waals surface area contributed by atoms with Gasteiger partial charge in [0, 0.05) is 5.56 Å². The highest BCUT2D eigenvalue weighted by Gasteiger charge is 2.35. The van der Waals surface area contributed by atoms with Gasteiger partial charge in [-0.3, -0.25) is 9.59 Å².